The highest BCUT2D eigenvalue weighted by Crippen LogP contribution is 2.25. The number of carboxylic acid groups (broad SMARTS) is 1. The van der Waals surface area contributed by atoms with Crippen LogP contribution in [0.25, 0.3) is 22.2 Å². The van der Waals surface area contributed by atoms with Gasteiger partial charge in [-0.25, -0.2) is 9.78 Å². The van der Waals surface area contributed by atoms with Crippen molar-refractivity contribution in [2.45, 2.75) is 19.9 Å². The van der Waals surface area contributed by atoms with Gasteiger partial charge in [0.15, 0.2) is 0 Å². The van der Waals surface area contributed by atoms with Crippen LogP contribution < -0.4 is 0 Å². The standard InChI is InChI=1S/C16H15N3O2/c1-10(2)19-6-4-13-15(19)8-12(9-18-13)11-3-5-17-14(7-11)16(20)21/h3-10H,1-2H3,(H,20,21). The lowest BCUT2D eigenvalue weighted by atomic mass is 10.1. The Bertz CT molecular complexity index is 821. The third kappa shape index (κ3) is 2.38. The largest absolute Gasteiger partial charge is 0.477 e. The third-order valence-corrected chi connectivity index (χ3v) is 3.44. The minimum atomic E-state index is -1.03. The predicted octanol–water partition coefficient (Wildman–Crippen LogP) is 3.38. The molecule has 0 bridgehead atoms. The van der Waals surface area contributed by atoms with Gasteiger partial charge < -0.3 is 9.67 Å². The molecule has 5 heteroatoms. The smallest absolute Gasteiger partial charge is 0.354 e. The number of hydrogen-bond donors (Lipinski definition) is 1. The summed E-state index contributed by atoms with van der Waals surface area (Å²) in [6.45, 7) is 4.22. The molecule has 0 radical (unpaired) electrons. The molecule has 21 heavy (non-hydrogen) atoms. The van der Waals surface area contributed by atoms with Crippen LogP contribution in [0.4, 0.5) is 0 Å². The highest BCUT2D eigenvalue weighted by atomic mass is 16.4. The lowest BCUT2D eigenvalue weighted by molar-refractivity contribution is 0.0690. The van der Waals surface area contributed by atoms with Crippen molar-refractivity contribution in [3.05, 3.63) is 48.5 Å². The van der Waals surface area contributed by atoms with Crippen molar-refractivity contribution in [2.24, 2.45) is 0 Å². The third-order valence-electron chi connectivity index (χ3n) is 3.44. The maximum absolute atomic E-state index is 11.0. The second kappa shape index (κ2) is 5.01. The summed E-state index contributed by atoms with van der Waals surface area (Å²) < 4.78 is 2.14. The molecule has 0 unspecified atom stereocenters. The van der Waals surface area contributed by atoms with Crippen LogP contribution in [0, 0.1) is 0 Å². The van der Waals surface area contributed by atoms with Crippen LogP contribution in [-0.2, 0) is 0 Å². The van der Waals surface area contributed by atoms with Crippen LogP contribution in [-0.4, -0.2) is 25.6 Å². The maximum Gasteiger partial charge on any atom is 0.354 e. The fourth-order valence-corrected chi connectivity index (χ4v) is 2.37. The van der Waals surface area contributed by atoms with E-state index < -0.39 is 5.97 Å². The number of fused-ring (bicyclic) bond motifs is 1. The quantitative estimate of drug-likeness (QED) is 0.799. The van der Waals surface area contributed by atoms with Gasteiger partial charge >= 0.3 is 5.97 Å². The first-order valence-electron chi connectivity index (χ1n) is 6.72. The molecule has 0 aliphatic rings. The van der Waals surface area contributed by atoms with Crippen LogP contribution in [0.3, 0.4) is 0 Å². The molecule has 106 valence electrons. The van der Waals surface area contributed by atoms with Gasteiger partial charge in [-0.1, -0.05) is 0 Å². The highest BCUT2D eigenvalue weighted by molar-refractivity contribution is 5.88. The Labute approximate surface area is 121 Å². The van der Waals surface area contributed by atoms with Crippen molar-refractivity contribution in [2.75, 3.05) is 0 Å². The average molecular weight is 281 g/mol. The molecular weight excluding hydrogens is 266 g/mol. The lowest BCUT2D eigenvalue weighted by Gasteiger charge is -2.10. The molecule has 3 heterocycles. The van der Waals surface area contributed by atoms with Crippen molar-refractivity contribution in [3.8, 4) is 11.1 Å². The Morgan fingerprint density at radius 2 is 2.00 bits per heavy atom. The van der Waals surface area contributed by atoms with E-state index in [-0.39, 0.29) is 5.69 Å². The summed E-state index contributed by atoms with van der Waals surface area (Å²) in [6.07, 6.45) is 5.28. The summed E-state index contributed by atoms with van der Waals surface area (Å²) in [6, 6.07) is 7.70. The second-order valence-electron chi connectivity index (χ2n) is 5.18. The van der Waals surface area contributed by atoms with E-state index in [2.05, 4.69) is 28.4 Å². The molecule has 0 spiro atoms. The summed E-state index contributed by atoms with van der Waals surface area (Å²) in [5, 5.41) is 9.03. The minimum Gasteiger partial charge on any atom is -0.477 e. The predicted molar refractivity (Wildman–Crippen MR) is 80.3 cm³/mol. The van der Waals surface area contributed by atoms with E-state index in [4.69, 9.17) is 5.11 Å². The molecule has 0 aromatic carbocycles. The van der Waals surface area contributed by atoms with Crippen LogP contribution in [0.1, 0.15) is 30.4 Å². The van der Waals surface area contributed by atoms with Gasteiger partial charge in [0.25, 0.3) is 0 Å². The number of nitrogens with zero attached hydrogens (tertiary/aromatic N) is 3. The Balaban J connectivity index is 2.14. The summed E-state index contributed by atoms with van der Waals surface area (Å²) in [7, 11) is 0. The molecule has 0 atom stereocenters. The highest BCUT2D eigenvalue weighted by Gasteiger charge is 2.10. The van der Waals surface area contributed by atoms with Gasteiger partial charge in [-0.3, -0.25) is 4.98 Å². The molecule has 3 aromatic rings. The van der Waals surface area contributed by atoms with E-state index in [1.165, 1.54) is 6.20 Å². The van der Waals surface area contributed by atoms with Crippen molar-refractivity contribution >= 4 is 17.0 Å². The zero-order valence-electron chi connectivity index (χ0n) is 11.8. The molecule has 1 N–H and O–H groups in total. The van der Waals surface area contributed by atoms with E-state index >= 15 is 0 Å². The Kier molecular flexibility index (Phi) is 3.17. The first kappa shape index (κ1) is 13.3. The van der Waals surface area contributed by atoms with E-state index in [9.17, 15) is 4.79 Å². The normalized spacial score (nSPS) is 11.2. The van der Waals surface area contributed by atoms with Gasteiger partial charge in [-0.2, -0.15) is 0 Å². The van der Waals surface area contributed by atoms with Crippen molar-refractivity contribution in [3.63, 3.8) is 0 Å². The first-order chi connectivity index (χ1) is 10.1. The van der Waals surface area contributed by atoms with Gasteiger partial charge in [-0.05, 0) is 43.7 Å². The molecular formula is C16H15N3O2. The van der Waals surface area contributed by atoms with Crippen LogP contribution in [0.15, 0.2) is 42.9 Å². The lowest BCUT2D eigenvalue weighted by Crippen LogP contribution is -2.00. The molecule has 3 aromatic heterocycles. The Morgan fingerprint density at radius 1 is 1.19 bits per heavy atom. The maximum atomic E-state index is 11.0. The number of aromatic nitrogens is 3. The Morgan fingerprint density at radius 3 is 2.71 bits per heavy atom. The van der Waals surface area contributed by atoms with E-state index in [1.54, 1.807) is 18.3 Å². The van der Waals surface area contributed by atoms with E-state index in [1.807, 2.05) is 18.3 Å². The minimum absolute atomic E-state index is 0.0341. The number of pyridine rings is 2. The fourth-order valence-electron chi connectivity index (χ4n) is 2.37. The molecule has 0 fully saturated rings. The second-order valence-corrected chi connectivity index (χ2v) is 5.18. The molecule has 5 nitrogen and oxygen atoms in total. The van der Waals surface area contributed by atoms with Crippen LogP contribution in [0.2, 0.25) is 0 Å². The van der Waals surface area contributed by atoms with Gasteiger partial charge in [0.1, 0.15) is 5.69 Å². The van der Waals surface area contributed by atoms with Gasteiger partial charge in [0, 0.05) is 30.2 Å². The Hall–Kier alpha value is -2.69. The number of hydrogen-bond acceptors (Lipinski definition) is 3. The number of carboxylic acids is 1. The first-order valence-corrected chi connectivity index (χ1v) is 6.72. The van der Waals surface area contributed by atoms with E-state index in [0.717, 1.165) is 22.2 Å². The SMILES string of the molecule is CC(C)n1ccc2ncc(-c3ccnc(C(=O)O)c3)cc21. The zero-order valence-corrected chi connectivity index (χ0v) is 11.8. The molecule has 0 amide bonds. The topological polar surface area (TPSA) is 68.0 Å². The van der Waals surface area contributed by atoms with Gasteiger partial charge in [0.05, 0.1) is 11.0 Å². The molecule has 0 aliphatic heterocycles. The summed E-state index contributed by atoms with van der Waals surface area (Å²) in [5.41, 5.74) is 3.68. The number of rotatable bonds is 3. The molecule has 0 saturated carbocycles. The number of aromatic carboxylic acids is 1. The molecule has 3 rings (SSSR count). The fraction of sp³-hybridized carbons (Fsp3) is 0.188. The number of carbonyl (C=O) groups is 1. The van der Waals surface area contributed by atoms with Crippen LogP contribution in [0.5, 0.6) is 0 Å². The van der Waals surface area contributed by atoms with Crippen molar-refractivity contribution in [1.29, 1.82) is 0 Å². The van der Waals surface area contributed by atoms with Gasteiger partial charge in [0.2, 0.25) is 0 Å². The molecule has 0 saturated heterocycles. The average Bonchev–Trinajstić information content (AvgIpc) is 2.90. The summed E-state index contributed by atoms with van der Waals surface area (Å²) in [4.78, 5) is 19.3. The molecule has 0 aliphatic carbocycles. The zero-order chi connectivity index (χ0) is 15.0. The van der Waals surface area contributed by atoms with Crippen LogP contribution >= 0.6 is 0 Å². The van der Waals surface area contributed by atoms with Crippen molar-refractivity contribution < 1.29 is 9.90 Å². The summed E-state index contributed by atoms with van der Waals surface area (Å²) in [5.74, 6) is -1.03. The van der Waals surface area contributed by atoms with Gasteiger partial charge in [-0.15, -0.1) is 0 Å². The monoisotopic (exact) mass is 281 g/mol. The summed E-state index contributed by atoms with van der Waals surface area (Å²) >= 11 is 0. The van der Waals surface area contributed by atoms with Crippen molar-refractivity contribution in [1.82, 2.24) is 14.5 Å². The van der Waals surface area contributed by atoms with E-state index in [0.29, 0.717) is 6.04 Å².